The van der Waals surface area contributed by atoms with E-state index in [1.165, 1.54) is 0 Å². The summed E-state index contributed by atoms with van der Waals surface area (Å²) in [5, 5.41) is 2.69. The number of rotatable bonds is 2. The Hall–Kier alpha value is -2.58. The van der Waals surface area contributed by atoms with E-state index in [1.807, 2.05) is 36.4 Å². The molecule has 0 amide bonds. The van der Waals surface area contributed by atoms with Gasteiger partial charge in [0.25, 0.3) is 0 Å². The summed E-state index contributed by atoms with van der Waals surface area (Å²) >= 11 is 5.86. The first-order valence-corrected chi connectivity index (χ1v) is 7.32. The van der Waals surface area contributed by atoms with E-state index in [2.05, 4.69) is 0 Å². The Kier molecular flexibility index (Phi) is 2.98. The van der Waals surface area contributed by atoms with Gasteiger partial charge in [-0.05, 0) is 42.5 Å². The molecule has 4 aromatic rings. The second kappa shape index (κ2) is 5.00. The Balaban J connectivity index is 1.83. The van der Waals surface area contributed by atoms with Crippen LogP contribution in [0.25, 0.3) is 21.9 Å². The molecule has 4 rings (SSSR count). The van der Waals surface area contributed by atoms with Gasteiger partial charge < -0.3 is 4.42 Å². The highest BCUT2D eigenvalue weighted by Crippen LogP contribution is 2.29. The molecule has 0 aliphatic heterocycles. The third-order valence-electron chi connectivity index (χ3n) is 3.75. The number of carbonyl (C=O) groups is 1. The summed E-state index contributed by atoms with van der Waals surface area (Å²) in [6, 6.07) is 20.3. The molecule has 1 heterocycles. The van der Waals surface area contributed by atoms with Crippen molar-refractivity contribution < 1.29 is 9.21 Å². The Bertz CT molecular complexity index is 997. The lowest BCUT2D eigenvalue weighted by atomic mass is 10.0. The van der Waals surface area contributed by atoms with Crippen LogP contribution in [0.5, 0.6) is 0 Å². The molecular formula is C19H11ClO2. The summed E-state index contributed by atoms with van der Waals surface area (Å²) in [6.45, 7) is 0. The number of benzene rings is 3. The van der Waals surface area contributed by atoms with Crippen molar-refractivity contribution in [3.63, 3.8) is 0 Å². The Morgan fingerprint density at radius 2 is 1.45 bits per heavy atom. The van der Waals surface area contributed by atoms with Crippen molar-refractivity contribution in [3.8, 4) is 0 Å². The first kappa shape index (κ1) is 13.1. The maximum absolute atomic E-state index is 12.5. The third-order valence-corrected chi connectivity index (χ3v) is 4.00. The monoisotopic (exact) mass is 306 g/mol. The lowest BCUT2D eigenvalue weighted by Gasteiger charge is -2.01. The number of hydrogen-bond donors (Lipinski definition) is 0. The van der Waals surface area contributed by atoms with E-state index in [9.17, 15) is 4.79 Å². The largest absolute Gasteiger partial charge is 0.456 e. The van der Waals surface area contributed by atoms with Crippen molar-refractivity contribution in [1.82, 2.24) is 0 Å². The fraction of sp³-hybridized carbons (Fsp3) is 0. The summed E-state index contributed by atoms with van der Waals surface area (Å²) in [4.78, 5) is 12.5. The van der Waals surface area contributed by atoms with E-state index in [1.54, 1.807) is 30.3 Å². The Morgan fingerprint density at radius 3 is 2.27 bits per heavy atom. The van der Waals surface area contributed by atoms with Gasteiger partial charge in [0.1, 0.15) is 11.2 Å². The molecule has 0 spiro atoms. The maximum atomic E-state index is 12.5. The highest BCUT2D eigenvalue weighted by atomic mass is 35.5. The first-order chi connectivity index (χ1) is 10.7. The standard InChI is InChI=1S/C19H11ClO2/c20-14-8-5-12(6-9-14)19(21)13-7-10-16-15-3-1-2-4-17(15)22-18(16)11-13/h1-11H. The molecule has 3 heteroatoms. The molecule has 0 atom stereocenters. The first-order valence-electron chi connectivity index (χ1n) is 6.94. The van der Waals surface area contributed by atoms with Gasteiger partial charge in [0.2, 0.25) is 0 Å². The molecule has 1 aromatic heterocycles. The molecule has 0 aliphatic carbocycles. The number of furan rings is 1. The van der Waals surface area contributed by atoms with Crippen molar-refractivity contribution in [1.29, 1.82) is 0 Å². The second-order valence-electron chi connectivity index (χ2n) is 5.15. The van der Waals surface area contributed by atoms with Gasteiger partial charge in [0.15, 0.2) is 5.78 Å². The minimum absolute atomic E-state index is 0.0426. The summed E-state index contributed by atoms with van der Waals surface area (Å²) < 4.78 is 5.82. The Labute approximate surface area is 131 Å². The number of carbonyl (C=O) groups excluding carboxylic acids is 1. The Morgan fingerprint density at radius 1 is 0.773 bits per heavy atom. The van der Waals surface area contributed by atoms with Crippen LogP contribution < -0.4 is 0 Å². The predicted octanol–water partition coefficient (Wildman–Crippen LogP) is 5.47. The van der Waals surface area contributed by atoms with Gasteiger partial charge in [0.05, 0.1) is 0 Å². The fourth-order valence-electron chi connectivity index (χ4n) is 2.64. The minimum Gasteiger partial charge on any atom is -0.456 e. The van der Waals surface area contributed by atoms with E-state index in [-0.39, 0.29) is 5.78 Å². The molecule has 0 fully saturated rings. The van der Waals surface area contributed by atoms with Crippen molar-refractivity contribution >= 4 is 39.3 Å². The molecule has 0 saturated heterocycles. The molecule has 0 saturated carbocycles. The molecule has 3 aromatic carbocycles. The number of ketones is 1. The van der Waals surface area contributed by atoms with Crippen LogP contribution in [0.15, 0.2) is 71.1 Å². The smallest absolute Gasteiger partial charge is 0.193 e. The van der Waals surface area contributed by atoms with Gasteiger partial charge in [-0.25, -0.2) is 0 Å². The quantitative estimate of drug-likeness (QED) is 0.460. The predicted molar refractivity (Wildman–Crippen MR) is 88.6 cm³/mol. The number of fused-ring (bicyclic) bond motifs is 3. The lowest BCUT2D eigenvalue weighted by molar-refractivity contribution is 0.103. The third kappa shape index (κ3) is 2.09. The average molecular weight is 307 g/mol. The normalized spacial score (nSPS) is 11.1. The second-order valence-corrected chi connectivity index (χ2v) is 5.58. The maximum Gasteiger partial charge on any atom is 0.193 e. The zero-order valence-electron chi connectivity index (χ0n) is 11.5. The van der Waals surface area contributed by atoms with Crippen LogP contribution in [0.4, 0.5) is 0 Å². The number of halogens is 1. The molecule has 2 nitrogen and oxygen atoms in total. The van der Waals surface area contributed by atoms with Crippen LogP contribution in [0.3, 0.4) is 0 Å². The van der Waals surface area contributed by atoms with Crippen molar-refractivity contribution in [2.45, 2.75) is 0 Å². The molecule has 0 unspecified atom stereocenters. The van der Waals surface area contributed by atoms with E-state index in [0.717, 1.165) is 21.9 Å². The van der Waals surface area contributed by atoms with Gasteiger partial charge in [-0.1, -0.05) is 35.9 Å². The van der Waals surface area contributed by atoms with Crippen LogP contribution in [0, 0.1) is 0 Å². The van der Waals surface area contributed by atoms with Crippen molar-refractivity contribution in [2.75, 3.05) is 0 Å². The SMILES string of the molecule is O=C(c1ccc(Cl)cc1)c1ccc2c(c1)oc1ccccc12. The molecular weight excluding hydrogens is 296 g/mol. The van der Waals surface area contributed by atoms with Crippen LogP contribution >= 0.6 is 11.6 Å². The summed E-state index contributed by atoms with van der Waals surface area (Å²) in [6.07, 6.45) is 0. The van der Waals surface area contributed by atoms with Crippen molar-refractivity contribution in [2.24, 2.45) is 0 Å². The summed E-state index contributed by atoms with van der Waals surface area (Å²) in [5.41, 5.74) is 2.77. The zero-order valence-corrected chi connectivity index (χ0v) is 12.3. The van der Waals surface area contributed by atoms with Gasteiger partial charge in [0, 0.05) is 26.9 Å². The highest BCUT2D eigenvalue weighted by molar-refractivity contribution is 6.30. The highest BCUT2D eigenvalue weighted by Gasteiger charge is 2.12. The van der Waals surface area contributed by atoms with E-state index in [4.69, 9.17) is 16.0 Å². The van der Waals surface area contributed by atoms with Gasteiger partial charge >= 0.3 is 0 Å². The number of hydrogen-bond acceptors (Lipinski definition) is 2. The van der Waals surface area contributed by atoms with Gasteiger partial charge in [-0.3, -0.25) is 4.79 Å². The van der Waals surface area contributed by atoms with Crippen LogP contribution in [-0.4, -0.2) is 5.78 Å². The topological polar surface area (TPSA) is 30.2 Å². The van der Waals surface area contributed by atoms with Crippen LogP contribution in [-0.2, 0) is 0 Å². The van der Waals surface area contributed by atoms with Crippen LogP contribution in [0.1, 0.15) is 15.9 Å². The summed E-state index contributed by atoms with van der Waals surface area (Å²) in [7, 11) is 0. The molecule has 0 bridgehead atoms. The van der Waals surface area contributed by atoms with E-state index in [0.29, 0.717) is 16.1 Å². The van der Waals surface area contributed by atoms with E-state index < -0.39 is 0 Å². The average Bonchev–Trinajstić information content (AvgIpc) is 2.92. The fourth-order valence-corrected chi connectivity index (χ4v) is 2.76. The zero-order chi connectivity index (χ0) is 15.1. The number of para-hydroxylation sites is 1. The molecule has 22 heavy (non-hydrogen) atoms. The minimum atomic E-state index is -0.0426. The lowest BCUT2D eigenvalue weighted by Crippen LogP contribution is -2.00. The molecule has 106 valence electrons. The summed E-state index contributed by atoms with van der Waals surface area (Å²) in [5.74, 6) is -0.0426. The van der Waals surface area contributed by atoms with Crippen molar-refractivity contribution in [3.05, 3.63) is 82.9 Å². The molecule has 0 N–H and O–H groups in total. The van der Waals surface area contributed by atoms with E-state index >= 15 is 0 Å². The van der Waals surface area contributed by atoms with Gasteiger partial charge in [-0.15, -0.1) is 0 Å². The van der Waals surface area contributed by atoms with Crippen LogP contribution in [0.2, 0.25) is 5.02 Å². The van der Waals surface area contributed by atoms with Gasteiger partial charge in [-0.2, -0.15) is 0 Å². The molecule has 0 aliphatic rings. The molecule has 0 radical (unpaired) electrons.